The van der Waals surface area contributed by atoms with Crippen LogP contribution in [0.3, 0.4) is 0 Å². The maximum absolute atomic E-state index is 11.9. The molecule has 0 amide bonds. The minimum Gasteiger partial charge on any atom is -0.482 e. The van der Waals surface area contributed by atoms with E-state index in [-0.39, 0.29) is 6.61 Å². The molecule has 0 unspecified atom stereocenters. The lowest BCUT2D eigenvalue weighted by Gasteiger charge is -2.07. The maximum Gasteiger partial charge on any atom is 0.349 e. The summed E-state index contributed by atoms with van der Waals surface area (Å²) in [5, 5.41) is 10.0. The van der Waals surface area contributed by atoms with Gasteiger partial charge in [-0.15, -0.1) is 0 Å². The number of ether oxygens (including phenoxy) is 2. The van der Waals surface area contributed by atoms with E-state index >= 15 is 0 Å². The van der Waals surface area contributed by atoms with E-state index in [1.165, 1.54) is 0 Å². The predicted octanol–water partition coefficient (Wildman–Crippen LogP) is 5.39. The lowest BCUT2D eigenvalue weighted by Crippen LogP contribution is -2.17. The molecule has 0 aliphatic rings. The summed E-state index contributed by atoms with van der Waals surface area (Å²) in [6, 6.07) is 25.2. The Labute approximate surface area is 168 Å². The fourth-order valence-electron chi connectivity index (χ4n) is 2.43. The van der Waals surface area contributed by atoms with Crippen molar-refractivity contribution in [2.45, 2.75) is 0 Å². The number of halogens is 1. The lowest BCUT2D eigenvalue weighted by atomic mass is 10.0. The van der Waals surface area contributed by atoms with Crippen LogP contribution in [-0.4, -0.2) is 12.6 Å². The van der Waals surface area contributed by atoms with Crippen LogP contribution in [-0.2, 0) is 4.79 Å². The Kier molecular flexibility index (Phi) is 6.46. The summed E-state index contributed by atoms with van der Waals surface area (Å²) < 4.78 is 10.6. The van der Waals surface area contributed by atoms with Crippen molar-refractivity contribution in [3.63, 3.8) is 0 Å². The molecule has 0 bridgehead atoms. The number of hydrogen-bond acceptors (Lipinski definition) is 4. The largest absolute Gasteiger partial charge is 0.482 e. The van der Waals surface area contributed by atoms with Crippen LogP contribution >= 0.6 is 11.6 Å². The van der Waals surface area contributed by atoms with Crippen LogP contribution in [0, 0.1) is 11.3 Å². The summed E-state index contributed by atoms with van der Waals surface area (Å²) in [6.45, 7) is -0.180. The number of nitrogens with zero attached hydrogens (tertiary/aromatic N) is 1. The molecule has 5 heteroatoms. The number of para-hydroxylation sites is 1. The molecule has 0 N–H and O–H groups in total. The molecule has 0 aliphatic heterocycles. The van der Waals surface area contributed by atoms with Gasteiger partial charge in [-0.05, 0) is 53.6 Å². The summed E-state index contributed by atoms with van der Waals surface area (Å²) in [5.74, 6) is 0.515. The molecule has 0 radical (unpaired) electrons. The lowest BCUT2D eigenvalue weighted by molar-refractivity contribution is -0.136. The van der Waals surface area contributed by atoms with Gasteiger partial charge in [0.05, 0.1) is 11.6 Å². The number of carbonyl (C=O) groups is 1. The number of carbonyl (C=O) groups excluding carboxylic acids is 1. The first kappa shape index (κ1) is 19.2. The molecular weight excluding hydrogens is 374 g/mol. The first-order valence-electron chi connectivity index (χ1n) is 8.50. The summed E-state index contributed by atoms with van der Waals surface area (Å²) in [7, 11) is 0. The van der Waals surface area contributed by atoms with Gasteiger partial charge in [0.15, 0.2) is 6.61 Å². The van der Waals surface area contributed by atoms with Crippen molar-refractivity contribution >= 4 is 29.2 Å². The van der Waals surface area contributed by atoms with Gasteiger partial charge in [0.25, 0.3) is 0 Å². The zero-order valence-electron chi connectivity index (χ0n) is 14.8. The van der Waals surface area contributed by atoms with E-state index in [1.807, 2.05) is 18.2 Å². The predicted molar refractivity (Wildman–Crippen MR) is 109 cm³/mol. The Bertz CT molecular complexity index is 1000. The van der Waals surface area contributed by atoms with Crippen molar-refractivity contribution in [3.8, 4) is 17.6 Å². The van der Waals surface area contributed by atoms with Crippen molar-refractivity contribution in [1.29, 1.82) is 5.26 Å². The number of benzene rings is 3. The highest BCUT2D eigenvalue weighted by atomic mass is 35.5. The van der Waals surface area contributed by atoms with Crippen LogP contribution in [0.5, 0.6) is 11.5 Å². The van der Waals surface area contributed by atoms with Gasteiger partial charge in [-0.1, -0.05) is 54.1 Å². The highest BCUT2D eigenvalue weighted by molar-refractivity contribution is 6.30. The zero-order valence-corrected chi connectivity index (χ0v) is 15.6. The molecule has 28 heavy (non-hydrogen) atoms. The van der Waals surface area contributed by atoms with Crippen LogP contribution in [0.25, 0.3) is 11.6 Å². The normalized spacial score (nSPS) is 10.8. The molecule has 4 nitrogen and oxygen atoms in total. The second-order valence-corrected chi connectivity index (χ2v) is 6.26. The van der Waals surface area contributed by atoms with Crippen molar-refractivity contribution in [2.24, 2.45) is 0 Å². The summed E-state index contributed by atoms with van der Waals surface area (Å²) in [6.07, 6.45) is 1.76. The molecule has 0 aliphatic carbocycles. The third kappa shape index (κ3) is 5.47. The van der Waals surface area contributed by atoms with E-state index in [4.69, 9.17) is 21.1 Å². The minimum absolute atomic E-state index is 0.180. The molecule has 3 aromatic rings. The third-order valence-electron chi connectivity index (χ3n) is 3.80. The van der Waals surface area contributed by atoms with Crippen LogP contribution in [0.4, 0.5) is 0 Å². The maximum atomic E-state index is 11.9. The Balaban J connectivity index is 1.61. The smallest absolute Gasteiger partial charge is 0.349 e. The van der Waals surface area contributed by atoms with Gasteiger partial charge in [-0.3, -0.25) is 0 Å². The highest BCUT2D eigenvalue weighted by Crippen LogP contribution is 2.21. The number of hydrogen-bond donors (Lipinski definition) is 0. The van der Waals surface area contributed by atoms with E-state index in [2.05, 4.69) is 6.07 Å². The minimum atomic E-state index is -0.494. The summed E-state index contributed by atoms with van der Waals surface area (Å²) in [5.41, 5.74) is 2.10. The first-order chi connectivity index (χ1) is 13.6. The average molecular weight is 390 g/mol. The number of rotatable bonds is 6. The fourth-order valence-corrected chi connectivity index (χ4v) is 2.55. The number of nitriles is 1. The van der Waals surface area contributed by atoms with Gasteiger partial charge >= 0.3 is 5.97 Å². The molecule has 0 heterocycles. The molecular formula is C23H16ClNO3. The van der Waals surface area contributed by atoms with Crippen molar-refractivity contribution in [3.05, 3.63) is 95.0 Å². The Morgan fingerprint density at radius 2 is 1.61 bits per heavy atom. The van der Waals surface area contributed by atoms with Gasteiger partial charge in [-0.2, -0.15) is 5.26 Å². The number of allylic oxidation sites excluding steroid dienone is 1. The van der Waals surface area contributed by atoms with Crippen molar-refractivity contribution in [1.82, 2.24) is 0 Å². The monoisotopic (exact) mass is 389 g/mol. The van der Waals surface area contributed by atoms with Crippen LogP contribution in [0.15, 0.2) is 78.9 Å². The van der Waals surface area contributed by atoms with Gasteiger partial charge in [0.2, 0.25) is 0 Å². The Morgan fingerprint density at radius 3 is 2.25 bits per heavy atom. The molecule has 0 saturated heterocycles. The first-order valence-corrected chi connectivity index (χ1v) is 8.88. The topological polar surface area (TPSA) is 59.3 Å². The quantitative estimate of drug-likeness (QED) is 0.245. The molecule has 0 saturated carbocycles. The van der Waals surface area contributed by atoms with Gasteiger partial charge in [0, 0.05) is 5.02 Å². The van der Waals surface area contributed by atoms with Crippen molar-refractivity contribution < 1.29 is 14.3 Å². The average Bonchev–Trinajstić information content (AvgIpc) is 2.73. The summed E-state index contributed by atoms with van der Waals surface area (Å²) in [4.78, 5) is 11.9. The van der Waals surface area contributed by atoms with Gasteiger partial charge in [-0.25, -0.2) is 4.79 Å². The van der Waals surface area contributed by atoms with E-state index in [0.717, 1.165) is 11.1 Å². The SMILES string of the molecule is N#C/C(=C/c1ccc(OC(=O)COc2ccccc2)cc1)c1ccc(Cl)cc1. The van der Waals surface area contributed by atoms with Crippen LogP contribution < -0.4 is 9.47 Å². The second-order valence-electron chi connectivity index (χ2n) is 5.82. The van der Waals surface area contributed by atoms with Gasteiger partial charge in [0.1, 0.15) is 11.5 Å². The molecule has 0 fully saturated rings. The second kappa shape index (κ2) is 9.40. The molecule has 138 valence electrons. The summed E-state index contributed by atoms with van der Waals surface area (Å²) >= 11 is 5.88. The van der Waals surface area contributed by atoms with E-state index in [1.54, 1.807) is 66.7 Å². The standard InChI is InChI=1S/C23H16ClNO3/c24-20-10-8-18(9-11-20)19(15-25)14-17-6-12-22(13-7-17)28-23(26)16-27-21-4-2-1-3-5-21/h1-14H,16H2/b19-14-. The van der Waals surface area contributed by atoms with Gasteiger partial charge < -0.3 is 9.47 Å². The van der Waals surface area contributed by atoms with E-state index < -0.39 is 5.97 Å². The van der Waals surface area contributed by atoms with Crippen LogP contribution in [0.2, 0.25) is 5.02 Å². The van der Waals surface area contributed by atoms with E-state index in [9.17, 15) is 10.1 Å². The zero-order chi connectivity index (χ0) is 19.8. The van der Waals surface area contributed by atoms with Crippen LogP contribution in [0.1, 0.15) is 11.1 Å². The number of esters is 1. The Morgan fingerprint density at radius 1 is 0.929 bits per heavy atom. The molecule has 0 spiro atoms. The van der Waals surface area contributed by atoms with E-state index in [0.29, 0.717) is 22.1 Å². The Hall–Kier alpha value is -3.55. The molecule has 3 rings (SSSR count). The molecule has 0 atom stereocenters. The highest BCUT2D eigenvalue weighted by Gasteiger charge is 2.07. The molecule has 3 aromatic carbocycles. The third-order valence-corrected chi connectivity index (χ3v) is 4.05. The fraction of sp³-hybridized carbons (Fsp3) is 0.0435. The van der Waals surface area contributed by atoms with Crippen molar-refractivity contribution in [2.75, 3.05) is 6.61 Å². The molecule has 0 aromatic heterocycles.